The lowest BCUT2D eigenvalue weighted by Gasteiger charge is -2.57. The third-order valence-electron chi connectivity index (χ3n) is 13.8. The van der Waals surface area contributed by atoms with Crippen LogP contribution >= 0.6 is 11.3 Å². The van der Waals surface area contributed by atoms with E-state index in [1.165, 1.54) is 93.8 Å². The molecule has 1 spiro atoms. The summed E-state index contributed by atoms with van der Waals surface area (Å²) < 4.78 is 5.88. The van der Waals surface area contributed by atoms with E-state index < -0.39 is 0 Å². The minimum absolute atomic E-state index is 0.0445. The predicted octanol–water partition coefficient (Wildman–Crippen LogP) is 8.03. The van der Waals surface area contributed by atoms with Gasteiger partial charge in [-0.05, 0) is 120 Å². The molecule has 4 fully saturated rings. The van der Waals surface area contributed by atoms with Crippen molar-refractivity contribution in [3.8, 4) is 10.4 Å². The Bertz CT molecular complexity index is 1630. The number of hydrogen-bond donors (Lipinski definition) is 1. The third-order valence-corrected chi connectivity index (χ3v) is 14.8. The van der Waals surface area contributed by atoms with Gasteiger partial charge in [0.15, 0.2) is 11.6 Å². The number of nitrogens with zero attached hydrogens (tertiary/aromatic N) is 6. The molecule has 9 nitrogen and oxygen atoms in total. The van der Waals surface area contributed by atoms with Crippen molar-refractivity contribution in [1.82, 2.24) is 30.2 Å². The molecule has 3 aromatic rings. The van der Waals surface area contributed by atoms with Crippen molar-refractivity contribution >= 4 is 23.1 Å². The van der Waals surface area contributed by atoms with Crippen LogP contribution in [0.5, 0.6) is 0 Å². The monoisotopic (exact) mass is 758 g/mol. The molecule has 3 saturated heterocycles. The van der Waals surface area contributed by atoms with Gasteiger partial charge in [0.1, 0.15) is 5.92 Å². The van der Waals surface area contributed by atoms with Gasteiger partial charge in [-0.25, -0.2) is 4.98 Å². The van der Waals surface area contributed by atoms with E-state index in [9.17, 15) is 4.79 Å². The smallest absolute Gasteiger partial charge is 0.231 e. The van der Waals surface area contributed by atoms with E-state index in [0.717, 1.165) is 55.8 Å². The first-order valence-corrected chi connectivity index (χ1v) is 22.1. The molecule has 3 atom stereocenters. The van der Waals surface area contributed by atoms with Crippen molar-refractivity contribution in [2.24, 2.45) is 17.3 Å². The second kappa shape index (κ2) is 17.6. The molecular formula is C44H67N7O2S. The van der Waals surface area contributed by atoms with Crippen molar-refractivity contribution in [3.63, 3.8) is 0 Å². The first-order chi connectivity index (χ1) is 26.1. The number of likely N-dealkylation sites (N-methyl/N-ethyl adjacent to an activating group) is 1. The van der Waals surface area contributed by atoms with Crippen molar-refractivity contribution in [3.05, 3.63) is 52.9 Å². The molecule has 0 bridgehead atoms. The average Bonchev–Trinajstić information content (AvgIpc) is 3.82. The summed E-state index contributed by atoms with van der Waals surface area (Å²) in [6.07, 6.45) is 11.2. The first-order valence-electron chi connectivity index (χ1n) is 21.2. The lowest BCUT2D eigenvalue weighted by Crippen LogP contribution is -2.60. The number of piperidine rings is 2. The van der Waals surface area contributed by atoms with Crippen LogP contribution in [0.2, 0.25) is 0 Å². The fourth-order valence-electron chi connectivity index (χ4n) is 9.88. The lowest BCUT2D eigenvalue weighted by atomic mass is 9.60. The van der Waals surface area contributed by atoms with Crippen molar-refractivity contribution in [2.75, 3.05) is 70.9 Å². The highest BCUT2D eigenvalue weighted by Gasteiger charge is 2.48. The van der Waals surface area contributed by atoms with Crippen molar-refractivity contribution in [2.45, 2.75) is 116 Å². The number of carbonyl (C=O) groups is 1. The Kier molecular flexibility index (Phi) is 12.8. The van der Waals surface area contributed by atoms with Gasteiger partial charge in [-0.2, -0.15) is 0 Å². The molecule has 54 heavy (non-hydrogen) atoms. The maximum atomic E-state index is 13.4. The van der Waals surface area contributed by atoms with Crippen LogP contribution in [-0.2, 0) is 4.79 Å². The molecule has 2 aromatic heterocycles. The number of aromatic nitrogens is 2. The third kappa shape index (κ3) is 9.25. The van der Waals surface area contributed by atoms with Crippen LogP contribution in [0.1, 0.15) is 114 Å². The Morgan fingerprint density at radius 3 is 2.43 bits per heavy atom. The van der Waals surface area contributed by atoms with E-state index in [2.05, 4.69) is 101 Å². The van der Waals surface area contributed by atoms with Crippen LogP contribution < -0.4 is 10.2 Å². The number of benzene rings is 1. The molecule has 1 saturated carbocycles. The quantitative estimate of drug-likeness (QED) is 0.166. The maximum absolute atomic E-state index is 13.4. The van der Waals surface area contributed by atoms with E-state index in [1.807, 2.05) is 11.6 Å². The number of hydrogen-bond acceptors (Lipinski definition) is 9. The highest BCUT2D eigenvalue weighted by Crippen LogP contribution is 2.51. The second-order valence-corrected chi connectivity index (χ2v) is 18.9. The number of aryl methyl sites for hydroxylation is 1. The van der Waals surface area contributed by atoms with Crippen LogP contribution in [0.3, 0.4) is 0 Å². The number of piperazine rings is 1. The molecule has 296 valence electrons. The van der Waals surface area contributed by atoms with Gasteiger partial charge >= 0.3 is 0 Å². The molecule has 4 aliphatic rings. The van der Waals surface area contributed by atoms with Gasteiger partial charge in [-0.15, -0.1) is 11.3 Å². The normalized spacial score (nSPS) is 23.2. The van der Waals surface area contributed by atoms with Gasteiger partial charge in [0.2, 0.25) is 5.91 Å². The van der Waals surface area contributed by atoms with Crippen molar-refractivity contribution in [1.29, 1.82) is 0 Å². The van der Waals surface area contributed by atoms with E-state index >= 15 is 0 Å². The summed E-state index contributed by atoms with van der Waals surface area (Å²) in [7, 11) is 2.27. The molecule has 0 radical (unpaired) electrons. The predicted molar refractivity (Wildman–Crippen MR) is 221 cm³/mol. The number of amides is 1. The maximum Gasteiger partial charge on any atom is 0.231 e. The number of likely N-dealkylation sites (tertiary alicyclic amines) is 1. The van der Waals surface area contributed by atoms with Crippen LogP contribution in [0.15, 0.2) is 40.4 Å². The van der Waals surface area contributed by atoms with Gasteiger partial charge in [0.25, 0.3) is 0 Å². The van der Waals surface area contributed by atoms with E-state index in [-0.39, 0.29) is 17.7 Å². The van der Waals surface area contributed by atoms with E-state index in [1.54, 1.807) is 11.3 Å². The number of thiazole rings is 1. The highest BCUT2D eigenvalue weighted by molar-refractivity contribution is 7.13. The zero-order valence-electron chi connectivity index (χ0n) is 34.1. The molecule has 7 rings (SSSR count). The molecule has 1 amide bonds. The number of unbranched alkanes of at least 4 members (excludes halogenated alkanes) is 1. The second-order valence-electron chi connectivity index (χ2n) is 18.0. The fraction of sp³-hybridized carbons (Fsp3) is 0.705. The summed E-state index contributed by atoms with van der Waals surface area (Å²) in [5, 5.41) is 7.70. The number of carbonyl (C=O) groups excluding carboxylic acids is 1. The first kappa shape index (κ1) is 39.4. The zero-order chi connectivity index (χ0) is 37.8. The largest absolute Gasteiger partial charge is 0.358 e. The summed E-state index contributed by atoms with van der Waals surface area (Å²) in [6.45, 7) is 21.2. The Morgan fingerprint density at radius 2 is 1.76 bits per heavy atom. The van der Waals surface area contributed by atoms with Gasteiger partial charge < -0.3 is 24.5 Å². The van der Waals surface area contributed by atoms with Gasteiger partial charge in [0, 0.05) is 64.0 Å². The molecule has 2 unspecified atom stereocenters. The Labute approximate surface area is 329 Å². The van der Waals surface area contributed by atoms with Crippen LogP contribution in [0, 0.1) is 24.2 Å². The number of rotatable bonds is 14. The van der Waals surface area contributed by atoms with Crippen molar-refractivity contribution < 1.29 is 9.32 Å². The SMILES string of the molecule is Cc1ncsc1-c1ccc(C(C)CCCCNC(=O)C(c2cc(N3CCC(CN4CCC5(CC4)CC(N4CCN(C)[C@H](C)C4)C5)CC3)no2)C(C)C)cc1. The minimum Gasteiger partial charge on any atom is -0.358 e. The average molecular weight is 758 g/mol. The lowest BCUT2D eigenvalue weighted by molar-refractivity contribution is -0.124. The number of nitrogens with one attached hydrogen (secondary N) is 1. The summed E-state index contributed by atoms with van der Waals surface area (Å²) in [4.78, 5) is 29.5. The zero-order valence-corrected chi connectivity index (χ0v) is 34.9. The Hall–Kier alpha value is -2.79. The fourth-order valence-corrected chi connectivity index (χ4v) is 10.7. The van der Waals surface area contributed by atoms with Gasteiger partial charge in [-0.1, -0.05) is 56.6 Å². The summed E-state index contributed by atoms with van der Waals surface area (Å²) >= 11 is 1.70. The summed E-state index contributed by atoms with van der Waals surface area (Å²) in [5.41, 5.74) is 6.24. The summed E-state index contributed by atoms with van der Waals surface area (Å²) in [5.74, 6) is 2.64. The minimum atomic E-state index is -0.332. The molecular weight excluding hydrogens is 691 g/mol. The molecule has 3 aliphatic heterocycles. The van der Waals surface area contributed by atoms with Crippen LogP contribution in [0.25, 0.3) is 10.4 Å². The van der Waals surface area contributed by atoms with E-state index in [0.29, 0.717) is 29.7 Å². The van der Waals surface area contributed by atoms with E-state index in [4.69, 9.17) is 4.52 Å². The van der Waals surface area contributed by atoms with Crippen LogP contribution in [-0.4, -0.2) is 109 Å². The Balaban J connectivity index is 0.793. The Morgan fingerprint density at radius 1 is 1.02 bits per heavy atom. The highest BCUT2D eigenvalue weighted by atomic mass is 32.1. The van der Waals surface area contributed by atoms with Gasteiger partial charge in [0.05, 0.1) is 16.1 Å². The molecule has 5 heterocycles. The molecule has 1 N–H and O–H groups in total. The topological polar surface area (TPSA) is 81.0 Å². The van der Waals surface area contributed by atoms with Crippen LogP contribution in [0.4, 0.5) is 5.82 Å². The number of anilines is 1. The molecule has 1 aromatic carbocycles. The molecule has 1 aliphatic carbocycles. The van der Waals surface area contributed by atoms with Gasteiger partial charge in [-0.3, -0.25) is 9.69 Å². The summed E-state index contributed by atoms with van der Waals surface area (Å²) in [6, 6.07) is 12.5. The standard InChI is InChI=1S/C44H67N7O2S/c1-31(2)41(43(52)45-18-8-7-9-32(3)36-10-12-37(13-11-36)42-34(5)46-30-54-42)39-25-40(47-53-39)50-19-14-35(15-20-50)29-49-21-16-44(17-22-49)26-38(27-44)51-24-23-48(6)33(4)28-51/h10-13,25,30-33,35,38,41H,7-9,14-24,26-29H2,1-6H3,(H,45,52)/t32?,33-,41?/m1/s1. The molecule has 10 heteroatoms.